The Hall–Kier alpha value is -1.35. The number of rotatable bonds is 8. The van der Waals surface area contributed by atoms with Gasteiger partial charge in [-0.1, -0.05) is 37.3 Å². The molecule has 1 amide bonds. The first-order chi connectivity index (χ1) is 13.0. The number of benzene rings is 1. The predicted octanol–water partition coefficient (Wildman–Crippen LogP) is 2.69. The molecule has 1 aromatic carbocycles. The fraction of sp³-hybridized carbons (Fsp3) is 0.619. The molecule has 158 valence electrons. The summed E-state index contributed by atoms with van der Waals surface area (Å²) in [5, 5.41) is 6.86. The van der Waals surface area contributed by atoms with E-state index in [1.165, 1.54) is 18.4 Å². The van der Waals surface area contributed by atoms with Gasteiger partial charge in [0.05, 0.1) is 0 Å². The normalized spacial score (nSPS) is 18.3. The van der Waals surface area contributed by atoms with Crippen molar-refractivity contribution >= 4 is 35.8 Å². The van der Waals surface area contributed by atoms with Gasteiger partial charge in [0.1, 0.15) is 6.54 Å². The van der Waals surface area contributed by atoms with Crippen molar-refractivity contribution in [2.75, 3.05) is 33.7 Å². The second-order valence-corrected chi connectivity index (χ2v) is 7.54. The van der Waals surface area contributed by atoms with Gasteiger partial charge in [0.15, 0.2) is 5.96 Å². The van der Waals surface area contributed by atoms with Crippen LogP contribution in [0.5, 0.6) is 0 Å². The van der Waals surface area contributed by atoms with Crippen LogP contribution in [-0.4, -0.2) is 67.5 Å². The van der Waals surface area contributed by atoms with Crippen molar-refractivity contribution in [1.29, 1.82) is 0 Å². The molecule has 2 rings (SSSR count). The third-order valence-corrected chi connectivity index (χ3v) is 5.10. The molecule has 6 nitrogen and oxygen atoms in total. The second-order valence-electron chi connectivity index (χ2n) is 7.54. The van der Waals surface area contributed by atoms with E-state index in [9.17, 15) is 4.79 Å². The molecule has 1 saturated heterocycles. The summed E-state index contributed by atoms with van der Waals surface area (Å²) in [5.74, 6) is 0.734. The summed E-state index contributed by atoms with van der Waals surface area (Å²) in [6.45, 7) is 7.38. The zero-order valence-electron chi connectivity index (χ0n) is 17.6. The highest BCUT2D eigenvalue weighted by atomic mass is 127. The monoisotopic (exact) mass is 501 g/mol. The minimum absolute atomic E-state index is 0. The van der Waals surface area contributed by atoms with Crippen LogP contribution in [0.1, 0.15) is 38.7 Å². The summed E-state index contributed by atoms with van der Waals surface area (Å²) < 4.78 is 0. The van der Waals surface area contributed by atoms with Crippen LogP contribution in [0.3, 0.4) is 0 Å². The molecular weight excluding hydrogens is 465 g/mol. The van der Waals surface area contributed by atoms with Crippen molar-refractivity contribution in [3.63, 3.8) is 0 Å². The van der Waals surface area contributed by atoms with Gasteiger partial charge >= 0.3 is 0 Å². The number of likely N-dealkylation sites (tertiary alicyclic amines) is 1. The average Bonchev–Trinajstić information content (AvgIpc) is 3.11. The van der Waals surface area contributed by atoms with Crippen LogP contribution in [0.2, 0.25) is 0 Å². The Labute approximate surface area is 187 Å². The zero-order valence-corrected chi connectivity index (χ0v) is 20.0. The van der Waals surface area contributed by atoms with Crippen molar-refractivity contribution < 1.29 is 4.79 Å². The van der Waals surface area contributed by atoms with E-state index in [-0.39, 0.29) is 36.4 Å². The van der Waals surface area contributed by atoms with Crippen molar-refractivity contribution in [3.05, 3.63) is 35.9 Å². The van der Waals surface area contributed by atoms with Crippen LogP contribution < -0.4 is 10.6 Å². The Kier molecular flexibility index (Phi) is 11.4. The van der Waals surface area contributed by atoms with Crippen molar-refractivity contribution in [1.82, 2.24) is 20.4 Å². The van der Waals surface area contributed by atoms with Crippen molar-refractivity contribution in [3.8, 4) is 0 Å². The van der Waals surface area contributed by atoms with Gasteiger partial charge in [-0.25, -0.2) is 4.99 Å². The van der Waals surface area contributed by atoms with Gasteiger partial charge < -0.3 is 15.5 Å². The number of hydrogen-bond donors (Lipinski definition) is 2. The fourth-order valence-corrected chi connectivity index (χ4v) is 3.14. The zero-order chi connectivity index (χ0) is 19.6. The minimum Gasteiger partial charge on any atom is -0.355 e. The smallest absolute Gasteiger partial charge is 0.243 e. The van der Waals surface area contributed by atoms with Crippen LogP contribution in [0.15, 0.2) is 35.3 Å². The molecule has 0 saturated carbocycles. The first kappa shape index (κ1) is 24.7. The fourth-order valence-electron chi connectivity index (χ4n) is 3.14. The van der Waals surface area contributed by atoms with Gasteiger partial charge in [-0.15, -0.1) is 24.0 Å². The van der Waals surface area contributed by atoms with Crippen LogP contribution >= 0.6 is 24.0 Å². The quantitative estimate of drug-likeness (QED) is 0.327. The minimum atomic E-state index is 0. The lowest BCUT2D eigenvalue weighted by Gasteiger charge is -2.26. The largest absolute Gasteiger partial charge is 0.355 e. The lowest BCUT2D eigenvalue weighted by Crippen LogP contribution is -2.47. The van der Waals surface area contributed by atoms with E-state index in [0.717, 1.165) is 32.0 Å². The van der Waals surface area contributed by atoms with Crippen LogP contribution in [0.25, 0.3) is 0 Å². The molecule has 0 radical (unpaired) electrons. The van der Waals surface area contributed by atoms with Gasteiger partial charge in [0.25, 0.3) is 0 Å². The molecule has 2 atom stereocenters. The number of guanidine groups is 1. The number of nitrogens with one attached hydrogen (secondary N) is 2. The van der Waals surface area contributed by atoms with E-state index in [4.69, 9.17) is 0 Å². The predicted molar refractivity (Wildman–Crippen MR) is 127 cm³/mol. The lowest BCUT2D eigenvalue weighted by atomic mass is 10.2. The third kappa shape index (κ3) is 8.34. The highest BCUT2D eigenvalue weighted by molar-refractivity contribution is 14.0. The van der Waals surface area contributed by atoms with Crippen LogP contribution in [-0.2, 0) is 11.3 Å². The molecule has 1 aliphatic heterocycles. The molecular formula is C21H36IN5O. The maximum atomic E-state index is 11.9. The van der Waals surface area contributed by atoms with Crippen LogP contribution in [0, 0.1) is 0 Å². The Balaban J connectivity index is 0.00000392. The molecule has 28 heavy (non-hydrogen) atoms. The molecule has 1 heterocycles. The van der Waals surface area contributed by atoms with E-state index in [1.54, 1.807) is 19.0 Å². The van der Waals surface area contributed by atoms with Crippen molar-refractivity contribution in [2.45, 2.75) is 51.7 Å². The molecule has 2 unspecified atom stereocenters. The summed E-state index contributed by atoms with van der Waals surface area (Å²) in [6.07, 6.45) is 3.42. The van der Waals surface area contributed by atoms with Crippen LogP contribution in [0.4, 0.5) is 0 Å². The first-order valence-corrected chi connectivity index (χ1v) is 10.0. The summed E-state index contributed by atoms with van der Waals surface area (Å²) >= 11 is 0. The number of likely N-dealkylation sites (N-methyl/N-ethyl adjacent to an activating group) is 1. The van der Waals surface area contributed by atoms with Gasteiger partial charge in [-0.2, -0.15) is 0 Å². The average molecular weight is 501 g/mol. The summed E-state index contributed by atoms with van der Waals surface area (Å²) in [7, 11) is 3.51. The number of aliphatic imine (C=N–C) groups is 1. The van der Waals surface area contributed by atoms with Gasteiger partial charge in [0.2, 0.25) is 5.91 Å². The van der Waals surface area contributed by atoms with E-state index in [0.29, 0.717) is 12.1 Å². The molecule has 0 spiro atoms. The van der Waals surface area contributed by atoms with E-state index < -0.39 is 0 Å². The molecule has 0 aliphatic carbocycles. The Morgan fingerprint density at radius 2 is 2.04 bits per heavy atom. The summed E-state index contributed by atoms with van der Waals surface area (Å²) in [6, 6.07) is 11.4. The summed E-state index contributed by atoms with van der Waals surface area (Å²) in [4.78, 5) is 20.5. The van der Waals surface area contributed by atoms with Gasteiger partial charge in [-0.3, -0.25) is 9.69 Å². The maximum Gasteiger partial charge on any atom is 0.243 e. The van der Waals surface area contributed by atoms with E-state index in [2.05, 4.69) is 64.7 Å². The molecule has 7 heteroatoms. The Morgan fingerprint density at radius 3 is 2.68 bits per heavy atom. The molecule has 0 aromatic heterocycles. The number of carbonyl (C=O) groups is 1. The first-order valence-electron chi connectivity index (χ1n) is 10.0. The lowest BCUT2D eigenvalue weighted by molar-refractivity contribution is -0.127. The van der Waals surface area contributed by atoms with Gasteiger partial charge in [-0.05, 0) is 38.3 Å². The molecule has 2 N–H and O–H groups in total. The number of amides is 1. The molecule has 0 bridgehead atoms. The maximum absolute atomic E-state index is 11.9. The number of carbonyl (C=O) groups excluding carboxylic acids is 1. The van der Waals surface area contributed by atoms with E-state index >= 15 is 0 Å². The van der Waals surface area contributed by atoms with Crippen molar-refractivity contribution in [2.24, 2.45) is 4.99 Å². The topological polar surface area (TPSA) is 60.0 Å². The SMILES string of the molecule is CCC(C)NC(=NCC(=O)N(C)C)NCC1CCCN1Cc1ccccc1.I. The highest BCUT2D eigenvalue weighted by Gasteiger charge is 2.24. The highest BCUT2D eigenvalue weighted by Crippen LogP contribution is 2.19. The molecule has 1 aliphatic rings. The third-order valence-electron chi connectivity index (χ3n) is 5.10. The van der Waals surface area contributed by atoms with Gasteiger partial charge in [0, 0.05) is 39.3 Å². The Bertz CT molecular complexity index is 608. The number of halogens is 1. The standard InChI is InChI=1S/C21H35N5O.HI/c1-5-17(2)24-21(23-15-20(27)25(3)4)22-14-19-12-9-13-26(19)16-18-10-7-6-8-11-18;/h6-8,10-11,17,19H,5,9,12-16H2,1-4H3,(H2,22,23,24);1H. The summed E-state index contributed by atoms with van der Waals surface area (Å²) in [5.41, 5.74) is 1.35. The van der Waals surface area contributed by atoms with E-state index in [1.807, 2.05) is 0 Å². The molecule has 1 fully saturated rings. The second kappa shape index (κ2) is 13.0. The number of hydrogen-bond acceptors (Lipinski definition) is 3. The molecule has 1 aromatic rings. The Morgan fingerprint density at radius 1 is 1.32 bits per heavy atom. The number of nitrogens with zero attached hydrogens (tertiary/aromatic N) is 3.